The van der Waals surface area contributed by atoms with Crippen molar-refractivity contribution < 1.29 is 4.79 Å². The van der Waals surface area contributed by atoms with E-state index in [-0.39, 0.29) is 5.91 Å². The third-order valence-corrected chi connectivity index (χ3v) is 4.49. The molecular weight excluding hydrogens is 312 g/mol. The van der Waals surface area contributed by atoms with Crippen LogP contribution < -0.4 is 10.6 Å². The Kier molecular flexibility index (Phi) is 6.71. The van der Waals surface area contributed by atoms with E-state index in [4.69, 9.17) is 11.6 Å². The summed E-state index contributed by atoms with van der Waals surface area (Å²) in [5.41, 5.74) is 1.17. The van der Waals surface area contributed by atoms with Gasteiger partial charge in [0.15, 0.2) is 5.96 Å². The number of amides is 1. The van der Waals surface area contributed by atoms with Gasteiger partial charge in [-0.25, -0.2) is 0 Å². The van der Waals surface area contributed by atoms with E-state index in [2.05, 4.69) is 20.5 Å². The van der Waals surface area contributed by atoms with E-state index >= 15 is 0 Å². The van der Waals surface area contributed by atoms with Gasteiger partial charge in [0.1, 0.15) is 0 Å². The van der Waals surface area contributed by atoms with Gasteiger partial charge in [-0.05, 0) is 36.5 Å². The lowest BCUT2D eigenvalue weighted by Crippen LogP contribution is -2.45. The van der Waals surface area contributed by atoms with Crippen LogP contribution in [-0.4, -0.2) is 44.0 Å². The number of rotatable bonds is 4. The van der Waals surface area contributed by atoms with Crippen molar-refractivity contribution in [2.45, 2.75) is 25.8 Å². The van der Waals surface area contributed by atoms with Gasteiger partial charge >= 0.3 is 0 Å². The summed E-state index contributed by atoms with van der Waals surface area (Å²) in [4.78, 5) is 18.1. The SMILES string of the molecule is CN=C(NCc1ccc(Cl)cc1)N1CCC(CC(=O)NC)CC1. The Morgan fingerprint density at radius 3 is 2.52 bits per heavy atom. The lowest BCUT2D eigenvalue weighted by atomic mass is 9.93. The minimum absolute atomic E-state index is 0.133. The number of likely N-dealkylation sites (tertiary alicyclic amines) is 1. The van der Waals surface area contributed by atoms with Crippen LogP contribution in [0, 0.1) is 5.92 Å². The average molecular weight is 337 g/mol. The lowest BCUT2D eigenvalue weighted by molar-refractivity contribution is -0.121. The van der Waals surface area contributed by atoms with Crippen LogP contribution in [0.1, 0.15) is 24.8 Å². The Balaban J connectivity index is 1.81. The number of guanidine groups is 1. The van der Waals surface area contributed by atoms with Crippen molar-refractivity contribution >= 4 is 23.5 Å². The normalized spacial score (nSPS) is 16.3. The highest BCUT2D eigenvalue weighted by Crippen LogP contribution is 2.20. The molecule has 23 heavy (non-hydrogen) atoms. The number of carbonyl (C=O) groups excluding carboxylic acids is 1. The summed E-state index contributed by atoms with van der Waals surface area (Å²) in [6.45, 7) is 2.59. The molecule has 2 rings (SSSR count). The highest BCUT2D eigenvalue weighted by molar-refractivity contribution is 6.30. The molecule has 0 radical (unpaired) electrons. The second kappa shape index (κ2) is 8.77. The smallest absolute Gasteiger partial charge is 0.220 e. The van der Waals surface area contributed by atoms with Gasteiger partial charge in [-0.1, -0.05) is 23.7 Å². The number of aliphatic imine (C=N–C) groups is 1. The minimum Gasteiger partial charge on any atom is -0.359 e. The van der Waals surface area contributed by atoms with Crippen LogP contribution in [0.2, 0.25) is 5.02 Å². The molecule has 2 N–H and O–H groups in total. The Hall–Kier alpha value is -1.75. The first-order valence-electron chi connectivity index (χ1n) is 8.03. The van der Waals surface area contributed by atoms with Gasteiger partial charge in [0.05, 0.1) is 0 Å². The van der Waals surface area contributed by atoms with Crippen molar-refractivity contribution in [2.24, 2.45) is 10.9 Å². The van der Waals surface area contributed by atoms with Crippen LogP contribution in [-0.2, 0) is 11.3 Å². The summed E-state index contributed by atoms with van der Waals surface area (Å²) in [6.07, 6.45) is 2.67. The van der Waals surface area contributed by atoms with E-state index in [0.29, 0.717) is 12.3 Å². The zero-order valence-electron chi connectivity index (χ0n) is 13.8. The highest BCUT2D eigenvalue weighted by Gasteiger charge is 2.22. The number of benzene rings is 1. The Morgan fingerprint density at radius 2 is 1.96 bits per heavy atom. The standard InChI is InChI=1S/C17H25ClN4O/c1-19-16(23)11-13-7-9-22(10-8-13)17(20-2)21-12-14-3-5-15(18)6-4-14/h3-6,13H,7-12H2,1-2H3,(H,19,23)(H,20,21). The Morgan fingerprint density at radius 1 is 1.30 bits per heavy atom. The molecule has 1 aromatic rings. The number of nitrogens with one attached hydrogen (secondary N) is 2. The van der Waals surface area contributed by atoms with Gasteiger partial charge in [-0.3, -0.25) is 9.79 Å². The molecule has 1 fully saturated rings. The van der Waals surface area contributed by atoms with Crippen LogP contribution in [0.15, 0.2) is 29.3 Å². The summed E-state index contributed by atoms with van der Waals surface area (Å²) >= 11 is 5.90. The predicted octanol–water partition coefficient (Wildman–Crippen LogP) is 2.26. The van der Waals surface area contributed by atoms with Gasteiger partial charge in [-0.15, -0.1) is 0 Å². The maximum atomic E-state index is 11.5. The van der Waals surface area contributed by atoms with Gasteiger partial charge < -0.3 is 15.5 Å². The van der Waals surface area contributed by atoms with Crippen molar-refractivity contribution in [3.63, 3.8) is 0 Å². The van der Waals surface area contributed by atoms with Gasteiger partial charge in [0, 0.05) is 45.2 Å². The van der Waals surface area contributed by atoms with E-state index in [1.807, 2.05) is 24.3 Å². The molecule has 0 spiro atoms. The number of carbonyl (C=O) groups is 1. The first-order valence-corrected chi connectivity index (χ1v) is 8.40. The van der Waals surface area contributed by atoms with Crippen LogP contribution >= 0.6 is 11.6 Å². The zero-order valence-corrected chi connectivity index (χ0v) is 14.6. The fourth-order valence-corrected chi connectivity index (χ4v) is 2.95. The molecule has 0 aromatic heterocycles. The fourth-order valence-electron chi connectivity index (χ4n) is 2.83. The van der Waals surface area contributed by atoms with Crippen LogP contribution in [0.5, 0.6) is 0 Å². The minimum atomic E-state index is 0.133. The van der Waals surface area contributed by atoms with Gasteiger partial charge in [0.2, 0.25) is 5.91 Å². The third-order valence-electron chi connectivity index (χ3n) is 4.24. The lowest BCUT2D eigenvalue weighted by Gasteiger charge is -2.34. The molecule has 0 unspecified atom stereocenters. The summed E-state index contributed by atoms with van der Waals surface area (Å²) in [5.74, 6) is 1.52. The molecule has 0 aliphatic carbocycles. The summed E-state index contributed by atoms with van der Waals surface area (Å²) in [7, 11) is 3.50. The monoisotopic (exact) mass is 336 g/mol. The third kappa shape index (κ3) is 5.43. The molecule has 126 valence electrons. The van der Waals surface area contributed by atoms with Crippen molar-refractivity contribution in [3.8, 4) is 0 Å². The van der Waals surface area contributed by atoms with Crippen LogP contribution in [0.4, 0.5) is 0 Å². The molecule has 0 bridgehead atoms. The number of halogens is 1. The molecule has 0 saturated carbocycles. The molecule has 6 heteroatoms. The quantitative estimate of drug-likeness (QED) is 0.655. The number of nitrogens with zero attached hydrogens (tertiary/aromatic N) is 2. The number of hydrogen-bond acceptors (Lipinski definition) is 2. The van der Waals surface area contributed by atoms with Crippen molar-refractivity contribution in [1.29, 1.82) is 0 Å². The maximum Gasteiger partial charge on any atom is 0.220 e. The second-order valence-electron chi connectivity index (χ2n) is 5.83. The highest BCUT2D eigenvalue weighted by atomic mass is 35.5. The van der Waals surface area contributed by atoms with E-state index < -0.39 is 0 Å². The average Bonchev–Trinajstić information content (AvgIpc) is 2.58. The molecule has 1 aliphatic heterocycles. The summed E-state index contributed by atoms with van der Waals surface area (Å²) in [6, 6.07) is 7.81. The largest absolute Gasteiger partial charge is 0.359 e. The van der Waals surface area contributed by atoms with Gasteiger partial charge in [-0.2, -0.15) is 0 Å². The second-order valence-corrected chi connectivity index (χ2v) is 6.27. The van der Waals surface area contributed by atoms with E-state index in [1.54, 1.807) is 14.1 Å². The molecule has 1 amide bonds. The van der Waals surface area contributed by atoms with Gasteiger partial charge in [0.25, 0.3) is 0 Å². The topological polar surface area (TPSA) is 56.7 Å². The molecule has 1 saturated heterocycles. The van der Waals surface area contributed by atoms with Crippen molar-refractivity contribution in [1.82, 2.24) is 15.5 Å². The van der Waals surface area contributed by atoms with Crippen molar-refractivity contribution in [3.05, 3.63) is 34.9 Å². The van der Waals surface area contributed by atoms with E-state index in [0.717, 1.165) is 43.5 Å². The molecular formula is C17H25ClN4O. The predicted molar refractivity (Wildman–Crippen MR) is 94.6 cm³/mol. The summed E-state index contributed by atoms with van der Waals surface area (Å²) in [5, 5.41) is 6.84. The Labute approximate surface area is 143 Å². The first-order chi connectivity index (χ1) is 11.1. The molecule has 1 aliphatic rings. The van der Waals surface area contributed by atoms with Crippen LogP contribution in [0.25, 0.3) is 0 Å². The van der Waals surface area contributed by atoms with Crippen molar-refractivity contribution in [2.75, 3.05) is 27.2 Å². The number of piperidine rings is 1. The fraction of sp³-hybridized carbons (Fsp3) is 0.529. The molecule has 0 atom stereocenters. The number of hydrogen-bond donors (Lipinski definition) is 2. The zero-order chi connectivity index (χ0) is 16.7. The van der Waals surface area contributed by atoms with E-state index in [9.17, 15) is 4.79 Å². The van der Waals surface area contributed by atoms with E-state index in [1.165, 1.54) is 5.56 Å². The maximum absolute atomic E-state index is 11.5. The summed E-state index contributed by atoms with van der Waals surface area (Å²) < 4.78 is 0. The Bertz CT molecular complexity index is 536. The molecule has 1 heterocycles. The molecule has 5 nitrogen and oxygen atoms in total. The first kappa shape index (κ1) is 17.6. The van der Waals surface area contributed by atoms with Crippen LogP contribution in [0.3, 0.4) is 0 Å². The molecule has 1 aromatic carbocycles.